The molecule has 3 aromatic rings. The predicted molar refractivity (Wildman–Crippen MR) is 76.6 cm³/mol. The highest BCUT2D eigenvalue weighted by molar-refractivity contribution is 5.60. The van der Waals surface area contributed by atoms with Gasteiger partial charge in [-0.2, -0.15) is 0 Å². The van der Waals surface area contributed by atoms with Gasteiger partial charge in [0, 0.05) is 30.2 Å². The van der Waals surface area contributed by atoms with E-state index in [1.807, 2.05) is 36.4 Å². The van der Waals surface area contributed by atoms with Gasteiger partial charge >= 0.3 is 0 Å². The fraction of sp³-hybridized carbons (Fsp3) is 0.0667. The summed E-state index contributed by atoms with van der Waals surface area (Å²) in [6.45, 7) is 0.729. The van der Waals surface area contributed by atoms with E-state index in [1.165, 1.54) is 12.0 Å². The number of aromatic nitrogens is 2. The molecule has 2 heterocycles. The summed E-state index contributed by atoms with van der Waals surface area (Å²) >= 11 is 0. The first kappa shape index (κ1) is 12.4. The number of nitrogens with one attached hydrogen (secondary N) is 2. The Morgan fingerprint density at radius 1 is 0.950 bits per heavy atom. The molecule has 0 saturated heterocycles. The van der Waals surface area contributed by atoms with Crippen molar-refractivity contribution in [2.75, 3.05) is 5.43 Å². The van der Waals surface area contributed by atoms with Gasteiger partial charge < -0.3 is 9.84 Å². The largest absolute Gasteiger partial charge is 0.444 e. The Kier molecular flexibility index (Phi) is 3.71. The van der Waals surface area contributed by atoms with E-state index in [0.29, 0.717) is 0 Å². The van der Waals surface area contributed by atoms with Crippen LogP contribution in [0.5, 0.6) is 0 Å². The summed E-state index contributed by atoms with van der Waals surface area (Å²) in [5.74, 6) is 0.765. The molecule has 2 aromatic heterocycles. The minimum Gasteiger partial charge on any atom is -0.444 e. The van der Waals surface area contributed by atoms with Crippen LogP contribution in [-0.2, 0) is 6.54 Å². The van der Waals surface area contributed by atoms with E-state index in [9.17, 15) is 0 Å². The minimum absolute atomic E-state index is 0.729. The number of benzene rings is 1. The first-order chi connectivity index (χ1) is 9.92. The molecule has 0 aliphatic heterocycles. The lowest BCUT2D eigenvalue weighted by molar-refractivity contribution is 0.572. The third-order valence-corrected chi connectivity index (χ3v) is 2.88. The molecule has 0 saturated carbocycles. The summed E-state index contributed by atoms with van der Waals surface area (Å²) < 4.78 is 5.25. The number of anilines is 1. The van der Waals surface area contributed by atoms with Gasteiger partial charge in [-0.15, -0.1) is 0 Å². The van der Waals surface area contributed by atoms with Crippen molar-refractivity contribution in [3.8, 4) is 11.3 Å². The summed E-state index contributed by atoms with van der Waals surface area (Å²) in [7, 11) is 0. The van der Waals surface area contributed by atoms with Crippen molar-refractivity contribution in [2.24, 2.45) is 0 Å². The zero-order valence-electron chi connectivity index (χ0n) is 10.8. The van der Waals surface area contributed by atoms with Crippen molar-refractivity contribution in [3.05, 3.63) is 66.9 Å². The van der Waals surface area contributed by atoms with Crippen LogP contribution < -0.4 is 10.9 Å². The molecule has 0 atom stereocenters. The van der Waals surface area contributed by atoms with Gasteiger partial charge in [0.2, 0.25) is 0 Å². The normalized spacial score (nSPS) is 10.4. The number of rotatable bonds is 5. The van der Waals surface area contributed by atoms with Crippen LogP contribution in [0.2, 0.25) is 0 Å². The summed E-state index contributed by atoms with van der Waals surface area (Å²) in [4.78, 5) is 7.89. The monoisotopic (exact) mass is 266 g/mol. The second-order valence-corrected chi connectivity index (χ2v) is 4.28. The number of hydrogen-bond donors (Lipinski definition) is 2. The van der Waals surface area contributed by atoms with E-state index >= 15 is 0 Å². The molecule has 0 spiro atoms. The van der Waals surface area contributed by atoms with Crippen LogP contribution in [0, 0.1) is 0 Å². The Bertz CT molecular complexity index is 635. The van der Waals surface area contributed by atoms with Crippen molar-refractivity contribution in [3.63, 3.8) is 0 Å². The molecule has 0 amide bonds. The predicted octanol–water partition coefficient (Wildman–Crippen LogP) is 2.85. The molecule has 20 heavy (non-hydrogen) atoms. The Balaban J connectivity index is 1.56. The van der Waals surface area contributed by atoms with Crippen LogP contribution >= 0.6 is 0 Å². The topological polar surface area (TPSA) is 63.0 Å². The summed E-state index contributed by atoms with van der Waals surface area (Å²) in [5.41, 5.74) is 9.47. The third kappa shape index (κ3) is 3.02. The number of hydrogen-bond acceptors (Lipinski definition) is 5. The van der Waals surface area contributed by atoms with E-state index < -0.39 is 0 Å². The zero-order valence-corrected chi connectivity index (χ0v) is 10.8. The lowest BCUT2D eigenvalue weighted by atomic mass is 10.2. The van der Waals surface area contributed by atoms with Crippen LogP contribution in [0.15, 0.2) is 65.8 Å². The van der Waals surface area contributed by atoms with Gasteiger partial charge in [0.15, 0.2) is 12.2 Å². The highest BCUT2D eigenvalue weighted by Crippen LogP contribution is 2.20. The maximum atomic E-state index is 5.25. The van der Waals surface area contributed by atoms with E-state index in [4.69, 9.17) is 4.42 Å². The highest BCUT2D eigenvalue weighted by atomic mass is 16.3. The zero-order chi connectivity index (χ0) is 13.6. The molecule has 0 aliphatic rings. The van der Waals surface area contributed by atoms with Crippen molar-refractivity contribution >= 4 is 5.69 Å². The molecule has 2 N–H and O–H groups in total. The van der Waals surface area contributed by atoms with E-state index in [0.717, 1.165) is 23.6 Å². The van der Waals surface area contributed by atoms with Crippen molar-refractivity contribution in [2.45, 2.75) is 6.54 Å². The quantitative estimate of drug-likeness (QED) is 0.695. The first-order valence-corrected chi connectivity index (χ1v) is 6.28. The molecule has 100 valence electrons. The first-order valence-electron chi connectivity index (χ1n) is 6.28. The molecule has 0 unspecified atom stereocenters. The van der Waals surface area contributed by atoms with Gasteiger partial charge in [-0.25, -0.2) is 10.4 Å². The molecule has 5 heteroatoms. The van der Waals surface area contributed by atoms with Gasteiger partial charge in [-0.05, 0) is 42.0 Å². The Morgan fingerprint density at radius 3 is 2.45 bits per heavy atom. The molecule has 3 rings (SSSR count). The average molecular weight is 266 g/mol. The summed E-state index contributed by atoms with van der Waals surface area (Å²) in [6.07, 6.45) is 6.69. The van der Waals surface area contributed by atoms with Crippen molar-refractivity contribution in [1.29, 1.82) is 0 Å². The molecule has 5 nitrogen and oxygen atoms in total. The standard InChI is InChI=1S/C15H14N4O/c1-3-14(4-2-13(1)15-10-17-11-20-15)19-18-9-12-5-7-16-8-6-12/h1-8,10-11,18-19H,9H2. The summed E-state index contributed by atoms with van der Waals surface area (Å²) in [6, 6.07) is 11.9. The molecular formula is C15H14N4O. The molecule has 0 radical (unpaired) electrons. The Labute approximate surface area is 116 Å². The maximum absolute atomic E-state index is 5.25. The average Bonchev–Trinajstić information content (AvgIpc) is 3.03. The van der Waals surface area contributed by atoms with Crippen LogP contribution in [0.25, 0.3) is 11.3 Å². The fourth-order valence-corrected chi connectivity index (χ4v) is 1.83. The van der Waals surface area contributed by atoms with Crippen LogP contribution in [0.4, 0.5) is 5.69 Å². The van der Waals surface area contributed by atoms with Crippen LogP contribution in [0.1, 0.15) is 5.56 Å². The van der Waals surface area contributed by atoms with Gasteiger partial charge in [0.05, 0.1) is 6.20 Å². The molecule has 0 aliphatic carbocycles. The smallest absolute Gasteiger partial charge is 0.181 e. The van der Waals surface area contributed by atoms with Crippen molar-refractivity contribution in [1.82, 2.24) is 15.4 Å². The Hall–Kier alpha value is -2.66. The van der Waals surface area contributed by atoms with Crippen LogP contribution in [-0.4, -0.2) is 9.97 Å². The van der Waals surface area contributed by atoms with Gasteiger partial charge in [-0.3, -0.25) is 4.98 Å². The van der Waals surface area contributed by atoms with Crippen LogP contribution in [0.3, 0.4) is 0 Å². The van der Waals surface area contributed by atoms with Gasteiger partial charge in [0.1, 0.15) is 0 Å². The third-order valence-electron chi connectivity index (χ3n) is 2.88. The number of hydrazine groups is 1. The second kappa shape index (κ2) is 5.99. The Morgan fingerprint density at radius 2 is 1.75 bits per heavy atom. The van der Waals surface area contributed by atoms with Gasteiger partial charge in [-0.1, -0.05) is 0 Å². The minimum atomic E-state index is 0.729. The molecule has 0 bridgehead atoms. The SMILES string of the molecule is c1cc(CNNc2ccc(-c3cnco3)cc2)ccn1. The van der Waals surface area contributed by atoms with E-state index in [1.54, 1.807) is 18.6 Å². The van der Waals surface area contributed by atoms with Crippen molar-refractivity contribution < 1.29 is 4.42 Å². The maximum Gasteiger partial charge on any atom is 0.181 e. The summed E-state index contributed by atoms with van der Waals surface area (Å²) in [5, 5.41) is 0. The molecule has 1 aromatic carbocycles. The lowest BCUT2D eigenvalue weighted by Gasteiger charge is -2.08. The number of oxazole rings is 1. The molecular weight excluding hydrogens is 252 g/mol. The second-order valence-electron chi connectivity index (χ2n) is 4.28. The lowest BCUT2D eigenvalue weighted by Crippen LogP contribution is -2.20. The van der Waals surface area contributed by atoms with E-state index in [-0.39, 0.29) is 0 Å². The highest BCUT2D eigenvalue weighted by Gasteiger charge is 2.00. The number of nitrogens with zero attached hydrogens (tertiary/aromatic N) is 2. The molecule has 0 fully saturated rings. The van der Waals surface area contributed by atoms with Gasteiger partial charge in [0.25, 0.3) is 0 Å². The fourth-order valence-electron chi connectivity index (χ4n) is 1.83. The van der Waals surface area contributed by atoms with E-state index in [2.05, 4.69) is 20.8 Å². The number of pyridine rings is 1.